The fraction of sp³-hybridized carbons (Fsp3) is 0.257. The van der Waals surface area contributed by atoms with Crippen molar-refractivity contribution in [2.75, 3.05) is 25.0 Å². The molecule has 1 aliphatic carbocycles. The molecule has 0 bridgehead atoms. The summed E-state index contributed by atoms with van der Waals surface area (Å²) in [6.07, 6.45) is 1.60. The number of hydrogen-bond acceptors (Lipinski definition) is 4. The molecule has 6 rings (SSSR count). The molecule has 214 valence electrons. The first-order valence-corrected chi connectivity index (χ1v) is 14.9. The topological polar surface area (TPSA) is 84.7 Å². The average molecular weight is 580 g/mol. The van der Waals surface area contributed by atoms with Crippen molar-refractivity contribution in [1.29, 1.82) is 0 Å². The number of benzene rings is 4. The van der Waals surface area contributed by atoms with Crippen LogP contribution >= 0.6 is 11.6 Å². The van der Waals surface area contributed by atoms with E-state index >= 15 is 0 Å². The number of anilines is 1. The Kier molecular flexibility index (Phi) is 8.27. The molecule has 1 fully saturated rings. The van der Waals surface area contributed by atoms with Crippen molar-refractivity contribution in [3.8, 4) is 11.1 Å². The first kappa shape index (κ1) is 28.0. The highest BCUT2D eigenvalue weighted by atomic mass is 35.5. The van der Waals surface area contributed by atoms with Crippen LogP contribution in [0.4, 0.5) is 10.5 Å². The first-order valence-electron chi connectivity index (χ1n) is 14.5. The molecule has 2 amide bonds. The first-order chi connectivity index (χ1) is 20.5. The summed E-state index contributed by atoms with van der Waals surface area (Å²) in [6.45, 7) is 1.51. The Bertz CT molecular complexity index is 1540. The number of carbonyl (C=O) groups is 2. The molecule has 2 aliphatic rings. The predicted molar refractivity (Wildman–Crippen MR) is 167 cm³/mol. The average Bonchev–Trinajstić information content (AvgIpc) is 3.35. The van der Waals surface area contributed by atoms with Gasteiger partial charge >= 0.3 is 6.09 Å². The number of fused-ring (bicyclic) bond motifs is 3. The Hall–Kier alpha value is -4.13. The Labute approximate surface area is 251 Å². The minimum atomic E-state index is -0.592. The van der Waals surface area contributed by atoms with E-state index in [9.17, 15) is 9.59 Å². The van der Waals surface area contributed by atoms with Gasteiger partial charge < -0.3 is 15.4 Å². The minimum absolute atomic E-state index is 0.00585. The minimum Gasteiger partial charge on any atom is -0.448 e. The van der Waals surface area contributed by atoms with E-state index in [1.165, 1.54) is 22.3 Å². The summed E-state index contributed by atoms with van der Waals surface area (Å²) in [5.74, 6) is 0.186. The van der Waals surface area contributed by atoms with Gasteiger partial charge in [0.2, 0.25) is 5.91 Å². The van der Waals surface area contributed by atoms with Crippen molar-refractivity contribution in [2.24, 2.45) is 5.73 Å². The zero-order chi connectivity index (χ0) is 29.1. The number of rotatable bonds is 7. The molecule has 0 radical (unpaired) electrons. The lowest BCUT2D eigenvalue weighted by molar-refractivity contribution is -0.133. The molecule has 4 aromatic rings. The SMILES string of the molecule is N[C@H](Cc1ccc(Cl)cc1)C(=O)N1CCC(c2ccccc2NC(=O)OCC2c3ccccc3-c3ccccc32)CC1. The summed E-state index contributed by atoms with van der Waals surface area (Å²) < 4.78 is 5.79. The van der Waals surface area contributed by atoms with E-state index in [1.54, 1.807) is 0 Å². The van der Waals surface area contributed by atoms with Gasteiger partial charge in [0, 0.05) is 29.7 Å². The summed E-state index contributed by atoms with van der Waals surface area (Å²) >= 11 is 5.97. The largest absolute Gasteiger partial charge is 0.448 e. The molecular formula is C35H34ClN3O3. The molecule has 4 aromatic carbocycles. The summed E-state index contributed by atoms with van der Waals surface area (Å²) in [7, 11) is 0. The molecule has 3 N–H and O–H groups in total. The highest BCUT2D eigenvalue weighted by Gasteiger charge is 2.30. The quantitative estimate of drug-likeness (QED) is 0.247. The van der Waals surface area contributed by atoms with Gasteiger partial charge in [-0.25, -0.2) is 4.79 Å². The Morgan fingerprint density at radius 3 is 2.05 bits per heavy atom. The summed E-state index contributed by atoms with van der Waals surface area (Å²) in [4.78, 5) is 27.9. The van der Waals surface area contributed by atoms with E-state index in [0.717, 1.165) is 29.7 Å². The number of likely N-dealkylation sites (tertiary alicyclic amines) is 1. The lowest BCUT2D eigenvalue weighted by Gasteiger charge is -2.34. The monoisotopic (exact) mass is 579 g/mol. The van der Waals surface area contributed by atoms with Crippen LogP contribution in [0, 0.1) is 0 Å². The molecular weight excluding hydrogens is 546 g/mol. The Morgan fingerprint density at radius 2 is 1.40 bits per heavy atom. The van der Waals surface area contributed by atoms with Crippen LogP contribution in [0.5, 0.6) is 0 Å². The van der Waals surface area contributed by atoms with Gasteiger partial charge in [-0.05, 0) is 76.8 Å². The third-order valence-corrected chi connectivity index (χ3v) is 8.73. The normalized spacial score (nSPS) is 15.5. The maximum absolute atomic E-state index is 13.1. The summed E-state index contributed by atoms with van der Waals surface area (Å²) in [6, 6.07) is 31.3. The number of piperidine rings is 1. The van der Waals surface area contributed by atoms with E-state index in [-0.39, 0.29) is 24.3 Å². The Balaban J connectivity index is 1.05. The molecule has 1 aliphatic heterocycles. The van der Waals surface area contributed by atoms with Crippen molar-refractivity contribution < 1.29 is 14.3 Å². The van der Waals surface area contributed by atoms with Crippen LogP contribution in [-0.4, -0.2) is 42.6 Å². The standard InChI is InChI=1S/C35H34ClN3O3/c36-25-15-13-23(14-16-25)21-32(37)34(40)39-19-17-24(18-20-39)26-7-5-6-12-33(26)38-35(41)42-22-31-29-10-3-1-8-27(29)28-9-2-4-11-30(28)31/h1-16,24,31-32H,17-22,37H2,(H,38,41)/t32-/m1/s1. The van der Waals surface area contributed by atoms with Gasteiger partial charge in [-0.1, -0.05) is 90.5 Å². The molecule has 6 nitrogen and oxygen atoms in total. The second-order valence-corrected chi connectivity index (χ2v) is 11.5. The molecule has 7 heteroatoms. The molecule has 0 saturated carbocycles. The smallest absolute Gasteiger partial charge is 0.411 e. The molecule has 0 aromatic heterocycles. The second-order valence-electron chi connectivity index (χ2n) is 11.1. The van der Waals surface area contributed by atoms with Crippen molar-refractivity contribution in [1.82, 2.24) is 4.90 Å². The van der Waals surface area contributed by atoms with Gasteiger partial charge in [-0.2, -0.15) is 0 Å². The number of amides is 2. The fourth-order valence-corrected chi connectivity index (χ4v) is 6.44. The fourth-order valence-electron chi connectivity index (χ4n) is 6.32. The molecule has 1 saturated heterocycles. The lowest BCUT2D eigenvalue weighted by Crippen LogP contribution is -2.47. The van der Waals surface area contributed by atoms with Crippen LogP contribution in [0.25, 0.3) is 11.1 Å². The van der Waals surface area contributed by atoms with Gasteiger partial charge in [0.25, 0.3) is 0 Å². The lowest BCUT2D eigenvalue weighted by atomic mass is 9.88. The maximum Gasteiger partial charge on any atom is 0.411 e. The number of nitrogens with two attached hydrogens (primary N) is 1. The van der Waals surface area contributed by atoms with Gasteiger partial charge in [0.05, 0.1) is 6.04 Å². The molecule has 42 heavy (non-hydrogen) atoms. The van der Waals surface area contributed by atoms with Crippen molar-refractivity contribution in [3.63, 3.8) is 0 Å². The Morgan fingerprint density at radius 1 is 0.833 bits per heavy atom. The molecule has 1 heterocycles. The van der Waals surface area contributed by atoms with Gasteiger partial charge in [0.1, 0.15) is 6.61 Å². The zero-order valence-corrected chi connectivity index (χ0v) is 24.1. The number of ether oxygens (including phenoxy) is 1. The van der Waals surface area contributed by atoms with Gasteiger partial charge in [-0.15, -0.1) is 0 Å². The predicted octanol–water partition coefficient (Wildman–Crippen LogP) is 6.98. The van der Waals surface area contributed by atoms with Crippen LogP contribution in [0.3, 0.4) is 0 Å². The van der Waals surface area contributed by atoms with Gasteiger partial charge in [0.15, 0.2) is 0 Å². The number of nitrogens with one attached hydrogen (secondary N) is 1. The van der Waals surface area contributed by atoms with Crippen LogP contribution in [0.15, 0.2) is 97.1 Å². The van der Waals surface area contributed by atoms with E-state index in [1.807, 2.05) is 77.7 Å². The van der Waals surface area contributed by atoms with E-state index in [4.69, 9.17) is 22.1 Å². The number of hydrogen-bond donors (Lipinski definition) is 2. The molecule has 1 atom stereocenters. The van der Waals surface area contributed by atoms with Crippen molar-refractivity contribution in [2.45, 2.75) is 37.1 Å². The number of nitrogens with zero attached hydrogens (tertiary/aromatic N) is 1. The number of carbonyl (C=O) groups excluding carboxylic acids is 2. The number of para-hydroxylation sites is 1. The summed E-state index contributed by atoms with van der Waals surface area (Å²) in [5, 5.41) is 3.65. The molecule has 0 unspecified atom stereocenters. The highest BCUT2D eigenvalue weighted by Crippen LogP contribution is 2.44. The van der Waals surface area contributed by atoms with Crippen LogP contribution in [0.2, 0.25) is 5.02 Å². The third kappa shape index (κ3) is 5.91. The number of halogens is 1. The van der Waals surface area contributed by atoms with E-state index < -0.39 is 12.1 Å². The zero-order valence-electron chi connectivity index (χ0n) is 23.3. The van der Waals surface area contributed by atoms with Crippen LogP contribution < -0.4 is 11.1 Å². The summed E-state index contributed by atoms with van der Waals surface area (Å²) in [5.41, 5.74) is 13.8. The van der Waals surface area contributed by atoms with E-state index in [0.29, 0.717) is 24.5 Å². The van der Waals surface area contributed by atoms with Crippen molar-refractivity contribution in [3.05, 3.63) is 124 Å². The third-order valence-electron chi connectivity index (χ3n) is 8.47. The van der Waals surface area contributed by atoms with Crippen LogP contribution in [-0.2, 0) is 16.0 Å². The van der Waals surface area contributed by atoms with Crippen molar-refractivity contribution >= 4 is 29.3 Å². The van der Waals surface area contributed by atoms with E-state index in [2.05, 4.69) is 29.6 Å². The molecule has 0 spiro atoms. The second kappa shape index (κ2) is 12.4. The van der Waals surface area contributed by atoms with Gasteiger partial charge in [-0.3, -0.25) is 10.1 Å². The van der Waals surface area contributed by atoms with Crippen LogP contribution in [0.1, 0.15) is 46.9 Å². The maximum atomic E-state index is 13.1. The highest BCUT2D eigenvalue weighted by molar-refractivity contribution is 6.30.